The van der Waals surface area contributed by atoms with Crippen LogP contribution in [0.25, 0.3) is 0 Å². The minimum Gasteiger partial charge on any atom is -0.493 e. The predicted molar refractivity (Wildman–Crippen MR) is 74.3 cm³/mol. The van der Waals surface area contributed by atoms with Crippen LogP contribution in [-0.2, 0) is 0 Å². The fourth-order valence-corrected chi connectivity index (χ4v) is 2.85. The van der Waals surface area contributed by atoms with Crippen LogP contribution in [0.3, 0.4) is 0 Å². The van der Waals surface area contributed by atoms with Crippen LogP contribution < -0.4 is 14.2 Å². The molecule has 1 fully saturated rings. The highest BCUT2D eigenvalue weighted by molar-refractivity contribution is 6.04. The van der Waals surface area contributed by atoms with Crippen molar-refractivity contribution in [2.45, 2.75) is 38.2 Å². The second kappa shape index (κ2) is 5.61. The molecule has 5 nitrogen and oxygen atoms in total. The highest BCUT2D eigenvalue weighted by Crippen LogP contribution is 2.44. The topological polar surface area (TPSA) is 60.3 Å². The second-order valence-electron chi connectivity index (χ2n) is 5.14. The first-order chi connectivity index (χ1) is 9.83. The predicted octanol–water partition coefficient (Wildman–Crippen LogP) is 2.98. The van der Waals surface area contributed by atoms with Gasteiger partial charge in [-0.2, -0.15) is 0 Å². The number of oxime groups is 1. The average Bonchev–Trinajstić information content (AvgIpc) is 3.00. The second-order valence-corrected chi connectivity index (χ2v) is 5.14. The maximum Gasteiger partial charge on any atom is 0.204 e. The molecule has 0 bridgehead atoms. The molecule has 1 heterocycles. The average molecular weight is 277 g/mol. The standard InChI is InChI=1S/C15H19NO4/c1-18-13-7-6-11-12(16-17)8-9-19-14(11)15(13)20-10-4-2-3-5-10/h6-7,10,17H,2-5,8-9H2,1H3/b16-12+. The van der Waals surface area contributed by atoms with Crippen molar-refractivity contribution >= 4 is 5.71 Å². The van der Waals surface area contributed by atoms with Gasteiger partial charge in [-0.15, -0.1) is 0 Å². The number of nitrogens with zero attached hydrogens (tertiary/aromatic N) is 1. The smallest absolute Gasteiger partial charge is 0.204 e. The summed E-state index contributed by atoms with van der Waals surface area (Å²) in [6.45, 7) is 0.487. The van der Waals surface area contributed by atoms with Crippen molar-refractivity contribution in [1.29, 1.82) is 0 Å². The van der Waals surface area contributed by atoms with Crippen molar-refractivity contribution < 1.29 is 19.4 Å². The van der Waals surface area contributed by atoms with E-state index in [1.165, 1.54) is 12.8 Å². The molecule has 0 amide bonds. The molecule has 5 heteroatoms. The van der Waals surface area contributed by atoms with Gasteiger partial charge in [-0.3, -0.25) is 0 Å². The van der Waals surface area contributed by atoms with Crippen LogP contribution in [0.15, 0.2) is 17.3 Å². The third-order valence-corrected chi connectivity index (χ3v) is 3.90. The molecule has 1 aliphatic heterocycles. The summed E-state index contributed by atoms with van der Waals surface area (Å²) in [5.74, 6) is 1.93. The molecule has 2 aliphatic rings. The number of ether oxygens (including phenoxy) is 3. The molecule has 1 aromatic carbocycles. The minimum absolute atomic E-state index is 0.218. The molecule has 3 rings (SSSR count). The Morgan fingerprint density at radius 2 is 2.10 bits per heavy atom. The minimum atomic E-state index is 0.218. The quantitative estimate of drug-likeness (QED) is 0.681. The van der Waals surface area contributed by atoms with Gasteiger partial charge in [0.05, 0.1) is 25.5 Å². The normalized spacial score (nSPS) is 20.6. The van der Waals surface area contributed by atoms with Gasteiger partial charge >= 0.3 is 0 Å². The monoisotopic (exact) mass is 277 g/mol. The van der Waals surface area contributed by atoms with Gasteiger partial charge in [-0.05, 0) is 37.8 Å². The summed E-state index contributed by atoms with van der Waals surface area (Å²) in [5.41, 5.74) is 1.41. The Balaban J connectivity index is 2.00. The van der Waals surface area contributed by atoms with Crippen LogP contribution in [0.2, 0.25) is 0 Å². The first-order valence-corrected chi connectivity index (χ1v) is 7.05. The molecular weight excluding hydrogens is 258 g/mol. The Labute approximate surface area is 118 Å². The SMILES string of the molecule is COc1ccc2c(c1OC1CCCC1)OCC/C2=N\O. The molecule has 1 N–H and O–H groups in total. The lowest BCUT2D eigenvalue weighted by molar-refractivity contribution is 0.185. The summed E-state index contributed by atoms with van der Waals surface area (Å²) in [4.78, 5) is 0. The van der Waals surface area contributed by atoms with E-state index in [4.69, 9.17) is 19.4 Å². The molecule has 108 valence electrons. The first kappa shape index (κ1) is 13.1. The summed E-state index contributed by atoms with van der Waals surface area (Å²) < 4.78 is 17.2. The molecule has 0 aromatic heterocycles. The van der Waals surface area contributed by atoms with E-state index in [2.05, 4.69) is 5.16 Å². The maximum absolute atomic E-state index is 9.10. The van der Waals surface area contributed by atoms with E-state index in [0.29, 0.717) is 36.0 Å². The van der Waals surface area contributed by atoms with E-state index in [0.717, 1.165) is 18.4 Å². The Hall–Kier alpha value is -1.91. The van der Waals surface area contributed by atoms with Gasteiger partial charge in [-0.25, -0.2) is 0 Å². The fraction of sp³-hybridized carbons (Fsp3) is 0.533. The van der Waals surface area contributed by atoms with Crippen LogP contribution in [0.1, 0.15) is 37.7 Å². The van der Waals surface area contributed by atoms with Gasteiger partial charge in [0.15, 0.2) is 11.5 Å². The fourth-order valence-electron chi connectivity index (χ4n) is 2.85. The molecule has 0 spiro atoms. The number of methoxy groups -OCH3 is 1. The van der Waals surface area contributed by atoms with Crippen molar-refractivity contribution in [2.24, 2.45) is 5.16 Å². The van der Waals surface area contributed by atoms with Crippen LogP contribution >= 0.6 is 0 Å². The highest BCUT2D eigenvalue weighted by atomic mass is 16.5. The highest BCUT2D eigenvalue weighted by Gasteiger charge is 2.27. The Morgan fingerprint density at radius 3 is 2.80 bits per heavy atom. The molecule has 1 aromatic rings. The summed E-state index contributed by atoms with van der Waals surface area (Å²) >= 11 is 0. The molecule has 0 radical (unpaired) electrons. The summed E-state index contributed by atoms with van der Waals surface area (Å²) in [6, 6.07) is 3.69. The van der Waals surface area contributed by atoms with Gasteiger partial charge in [0, 0.05) is 12.0 Å². The van der Waals surface area contributed by atoms with Gasteiger partial charge in [-0.1, -0.05) is 5.16 Å². The summed E-state index contributed by atoms with van der Waals surface area (Å²) in [5, 5.41) is 12.5. The number of hydrogen-bond acceptors (Lipinski definition) is 5. The Bertz CT molecular complexity index is 521. The number of fused-ring (bicyclic) bond motifs is 1. The molecule has 0 atom stereocenters. The van der Waals surface area contributed by atoms with Gasteiger partial charge in [0.25, 0.3) is 0 Å². The van der Waals surface area contributed by atoms with Crippen molar-refractivity contribution in [3.05, 3.63) is 17.7 Å². The zero-order chi connectivity index (χ0) is 13.9. The molecule has 1 aliphatic carbocycles. The van der Waals surface area contributed by atoms with E-state index >= 15 is 0 Å². The van der Waals surface area contributed by atoms with E-state index in [9.17, 15) is 0 Å². The van der Waals surface area contributed by atoms with E-state index in [-0.39, 0.29) is 6.10 Å². The lowest BCUT2D eigenvalue weighted by Gasteiger charge is -2.24. The van der Waals surface area contributed by atoms with Gasteiger partial charge in [0.1, 0.15) is 0 Å². The van der Waals surface area contributed by atoms with Crippen molar-refractivity contribution in [3.8, 4) is 17.2 Å². The molecular formula is C15H19NO4. The van der Waals surface area contributed by atoms with Crippen molar-refractivity contribution in [3.63, 3.8) is 0 Å². The van der Waals surface area contributed by atoms with E-state index in [1.807, 2.05) is 12.1 Å². The molecule has 20 heavy (non-hydrogen) atoms. The molecule has 1 saturated carbocycles. The van der Waals surface area contributed by atoms with E-state index < -0.39 is 0 Å². The van der Waals surface area contributed by atoms with Crippen molar-refractivity contribution in [1.82, 2.24) is 0 Å². The molecule has 0 saturated heterocycles. The third-order valence-electron chi connectivity index (χ3n) is 3.90. The molecule has 0 unspecified atom stereocenters. The first-order valence-electron chi connectivity index (χ1n) is 7.05. The summed E-state index contributed by atoms with van der Waals surface area (Å²) in [7, 11) is 1.62. The third kappa shape index (κ3) is 2.28. The Morgan fingerprint density at radius 1 is 1.30 bits per heavy atom. The number of hydrogen-bond donors (Lipinski definition) is 1. The van der Waals surface area contributed by atoms with Crippen LogP contribution in [0, 0.1) is 0 Å². The van der Waals surface area contributed by atoms with Gasteiger partial charge < -0.3 is 19.4 Å². The van der Waals surface area contributed by atoms with Gasteiger partial charge in [0.2, 0.25) is 5.75 Å². The van der Waals surface area contributed by atoms with E-state index in [1.54, 1.807) is 7.11 Å². The lowest BCUT2D eigenvalue weighted by atomic mass is 10.0. The van der Waals surface area contributed by atoms with Crippen LogP contribution in [-0.4, -0.2) is 30.7 Å². The maximum atomic E-state index is 9.10. The van der Waals surface area contributed by atoms with Crippen molar-refractivity contribution in [2.75, 3.05) is 13.7 Å². The zero-order valence-corrected chi connectivity index (χ0v) is 11.6. The van der Waals surface area contributed by atoms with Crippen LogP contribution in [0.4, 0.5) is 0 Å². The number of rotatable bonds is 3. The lowest BCUT2D eigenvalue weighted by Crippen LogP contribution is -2.19. The Kier molecular flexibility index (Phi) is 3.67. The largest absolute Gasteiger partial charge is 0.493 e. The summed E-state index contributed by atoms with van der Waals surface area (Å²) in [6.07, 6.45) is 5.34. The van der Waals surface area contributed by atoms with Crippen LogP contribution in [0.5, 0.6) is 17.2 Å². The zero-order valence-electron chi connectivity index (χ0n) is 11.6. The number of benzene rings is 1.